The lowest BCUT2D eigenvalue weighted by molar-refractivity contribution is -0.132. The first-order chi connectivity index (χ1) is 14.2. The Bertz CT molecular complexity index is 828. The van der Waals surface area contributed by atoms with E-state index in [1.807, 2.05) is 23.1 Å². The SMILES string of the molecule is O=C(CC[C@@H]1CCCN(C(=O)Cc2ccc(-c3ccccc3)cc2)C1)NC1CC1. The van der Waals surface area contributed by atoms with Crippen molar-refractivity contribution in [2.45, 2.75) is 51.0 Å². The largest absolute Gasteiger partial charge is 0.353 e. The molecule has 4 nitrogen and oxygen atoms in total. The van der Waals surface area contributed by atoms with E-state index >= 15 is 0 Å². The highest BCUT2D eigenvalue weighted by Gasteiger charge is 2.26. The Morgan fingerprint density at radius 2 is 1.66 bits per heavy atom. The molecule has 4 heteroatoms. The summed E-state index contributed by atoms with van der Waals surface area (Å²) < 4.78 is 0. The van der Waals surface area contributed by atoms with Crippen molar-refractivity contribution >= 4 is 11.8 Å². The van der Waals surface area contributed by atoms with Crippen LogP contribution in [0.3, 0.4) is 0 Å². The molecule has 1 heterocycles. The van der Waals surface area contributed by atoms with E-state index in [9.17, 15) is 9.59 Å². The fourth-order valence-electron chi connectivity index (χ4n) is 4.12. The molecule has 1 saturated heterocycles. The van der Waals surface area contributed by atoms with E-state index in [1.165, 1.54) is 11.1 Å². The fraction of sp³-hybridized carbons (Fsp3) is 0.440. The monoisotopic (exact) mass is 390 g/mol. The number of amides is 2. The predicted molar refractivity (Wildman–Crippen MR) is 115 cm³/mol. The van der Waals surface area contributed by atoms with Gasteiger partial charge in [-0.2, -0.15) is 0 Å². The molecule has 2 fully saturated rings. The van der Waals surface area contributed by atoms with Gasteiger partial charge < -0.3 is 10.2 Å². The van der Waals surface area contributed by atoms with E-state index in [1.54, 1.807) is 0 Å². The van der Waals surface area contributed by atoms with Crippen LogP contribution in [0.4, 0.5) is 0 Å². The molecule has 0 unspecified atom stereocenters. The maximum Gasteiger partial charge on any atom is 0.226 e. The Morgan fingerprint density at radius 1 is 0.931 bits per heavy atom. The number of likely N-dealkylation sites (tertiary alicyclic amines) is 1. The maximum absolute atomic E-state index is 12.8. The summed E-state index contributed by atoms with van der Waals surface area (Å²) in [5.74, 6) is 0.817. The molecule has 0 spiro atoms. The molecule has 0 aromatic heterocycles. The van der Waals surface area contributed by atoms with Crippen molar-refractivity contribution in [3.8, 4) is 11.1 Å². The minimum absolute atomic E-state index is 0.175. The van der Waals surface area contributed by atoms with Crippen molar-refractivity contribution in [2.75, 3.05) is 13.1 Å². The fourth-order valence-corrected chi connectivity index (χ4v) is 4.12. The van der Waals surface area contributed by atoms with Gasteiger partial charge in [0.25, 0.3) is 0 Å². The molecule has 1 atom stereocenters. The molecule has 29 heavy (non-hydrogen) atoms. The Morgan fingerprint density at radius 3 is 2.38 bits per heavy atom. The second kappa shape index (κ2) is 9.25. The lowest BCUT2D eigenvalue weighted by Gasteiger charge is -2.33. The van der Waals surface area contributed by atoms with E-state index in [-0.39, 0.29) is 11.8 Å². The van der Waals surface area contributed by atoms with Gasteiger partial charge in [-0.15, -0.1) is 0 Å². The number of benzene rings is 2. The number of rotatable bonds is 7. The highest BCUT2D eigenvalue weighted by Crippen LogP contribution is 2.24. The highest BCUT2D eigenvalue weighted by molar-refractivity contribution is 5.79. The smallest absolute Gasteiger partial charge is 0.226 e. The summed E-state index contributed by atoms with van der Waals surface area (Å²) in [6, 6.07) is 19.0. The standard InChI is InChI=1S/C25H30N2O2/c28-24(26-23-13-14-23)15-10-20-5-4-16-27(18-20)25(29)17-19-8-11-22(12-9-19)21-6-2-1-3-7-21/h1-3,6-9,11-12,20,23H,4-5,10,13-18H2,(H,26,28)/t20-/m0/s1. The van der Waals surface area contributed by atoms with Crippen LogP contribution in [0.2, 0.25) is 0 Å². The van der Waals surface area contributed by atoms with Crippen molar-refractivity contribution in [1.82, 2.24) is 10.2 Å². The van der Waals surface area contributed by atoms with Crippen molar-refractivity contribution < 1.29 is 9.59 Å². The van der Waals surface area contributed by atoms with Gasteiger partial charge in [-0.3, -0.25) is 9.59 Å². The van der Waals surface area contributed by atoms with Gasteiger partial charge in [-0.05, 0) is 54.7 Å². The number of hydrogen-bond donors (Lipinski definition) is 1. The molecule has 1 aliphatic heterocycles. The van der Waals surface area contributed by atoms with Crippen LogP contribution in [0, 0.1) is 5.92 Å². The summed E-state index contributed by atoms with van der Waals surface area (Å²) in [5.41, 5.74) is 3.42. The topological polar surface area (TPSA) is 49.4 Å². The van der Waals surface area contributed by atoms with Gasteiger partial charge in [0.15, 0.2) is 0 Å². The number of carbonyl (C=O) groups is 2. The quantitative estimate of drug-likeness (QED) is 0.770. The summed E-state index contributed by atoms with van der Waals surface area (Å²) in [4.78, 5) is 26.7. The van der Waals surface area contributed by atoms with Gasteiger partial charge in [0.05, 0.1) is 6.42 Å². The average Bonchev–Trinajstić information content (AvgIpc) is 3.57. The summed E-state index contributed by atoms with van der Waals surface area (Å²) in [5, 5.41) is 3.06. The first-order valence-corrected chi connectivity index (χ1v) is 10.9. The molecule has 2 aromatic rings. The first-order valence-electron chi connectivity index (χ1n) is 10.9. The van der Waals surface area contributed by atoms with Crippen LogP contribution in [-0.4, -0.2) is 35.8 Å². The molecule has 0 radical (unpaired) electrons. The number of piperidine rings is 1. The van der Waals surface area contributed by atoms with Gasteiger partial charge >= 0.3 is 0 Å². The number of hydrogen-bond acceptors (Lipinski definition) is 2. The number of nitrogens with zero attached hydrogens (tertiary/aromatic N) is 1. The molecular formula is C25H30N2O2. The minimum atomic E-state index is 0.175. The predicted octanol–water partition coefficient (Wildman–Crippen LogP) is 4.19. The molecule has 2 amide bonds. The zero-order valence-electron chi connectivity index (χ0n) is 17.0. The van der Waals surface area contributed by atoms with E-state index in [0.717, 1.165) is 50.8 Å². The second-order valence-electron chi connectivity index (χ2n) is 8.47. The van der Waals surface area contributed by atoms with Crippen molar-refractivity contribution in [3.05, 3.63) is 60.2 Å². The van der Waals surface area contributed by atoms with Gasteiger partial charge in [0.1, 0.15) is 0 Å². The summed E-state index contributed by atoms with van der Waals surface area (Å²) in [6.07, 6.45) is 6.33. The van der Waals surface area contributed by atoms with Crippen LogP contribution in [-0.2, 0) is 16.0 Å². The van der Waals surface area contributed by atoms with Crippen LogP contribution < -0.4 is 5.32 Å². The Labute approximate surface area is 173 Å². The lowest BCUT2D eigenvalue weighted by atomic mass is 9.92. The van der Waals surface area contributed by atoms with E-state index < -0.39 is 0 Å². The first kappa shape index (κ1) is 19.7. The van der Waals surface area contributed by atoms with E-state index in [2.05, 4.69) is 41.7 Å². The zero-order valence-corrected chi connectivity index (χ0v) is 17.0. The summed E-state index contributed by atoms with van der Waals surface area (Å²) in [7, 11) is 0. The number of carbonyl (C=O) groups excluding carboxylic acids is 2. The highest BCUT2D eigenvalue weighted by atomic mass is 16.2. The third-order valence-electron chi connectivity index (χ3n) is 6.01. The van der Waals surface area contributed by atoms with Crippen LogP contribution in [0.1, 0.15) is 44.1 Å². The molecule has 2 aliphatic rings. The molecule has 1 saturated carbocycles. The van der Waals surface area contributed by atoms with Gasteiger partial charge in [-0.25, -0.2) is 0 Å². The van der Waals surface area contributed by atoms with Gasteiger partial charge in [0, 0.05) is 25.6 Å². The lowest BCUT2D eigenvalue weighted by Crippen LogP contribution is -2.41. The maximum atomic E-state index is 12.8. The second-order valence-corrected chi connectivity index (χ2v) is 8.47. The third kappa shape index (κ3) is 5.69. The van der Waals surface area contributed by atoms with E-state index in [4.69, 9.17) is 0 Å². The van der Waals surface area contributed by atoms with Crippen molar-refractivity contribution in [2.24, 2.45) is 5.92 Å². The van der Waals surface area contributed by atoms with Gasteiger partial charge in [-0.1, -0.05) is 54.6 Å². The molecule has 1 aliphatic carbocycles. The molecule has 4 rings (SSSR count). The Hall–Kier alpha value is -2.62. The molecule has 152 valence electrons. The molecular weight excluding hydrogens is 360 g/mol. The van der Waals surface area contributed by atoms with Crippen molar-refractivity contribution in [1.29, 1.82) is 0 Å². The molecule has 1 N–H and O–H groups in total. The summed E-state index contributed by atoms with van der Waals surface area (Å²) >= 11 is 0. The van der Waals surface area contributed by atoms with Crippen molar-refractivity contribution in [3.63, 3.8) is 0 Å². The van der Waals surface area contributed by atoms with Crippen LogP contribution in [0.15, 0.2) is 54.6 Å². The normalized spacial score (nSPS) is 19.0. The van der Waals surface area contributed by atoms with Crippen LogP contribution in [0.25, 0.3) is 11.1 Å². The Kier molecular flexibility index (Phi) is 6.28. The Balaban J connectivity index is 1.26. The minimum Gasteiger partial charge on any atom is -0.353 e. The number of nitrogens with one attached hydrogen (secondary N) is 1. The zero-order chi connectivity index (χ0) is 20.1. The molecule has 0 bridgehead atoms. The molecule has 2 aromatic carbocycles. The average molecular weight is 391 g/mol. The van der Waals surface area contributed by atoms with Gasteiger partial charge in [0.2, 0.25) is 11.8 Å². The third-order valence-corrected chi connectivity index (χ3v) is 6.01. The summed E-state index contributed by atoms with van der Waals surface area (Å²) in [6.45, 7) is 1.63. The van der Waals surface area contributed by atoms with Crippen LogP contribution in [0.5, 0.6) is 0 Å². The van der Waals surface area contributed by atoms with Crippen LogP contribution >= 0.6 is 0 Å². The van der Waals surface area contributed by atoms with E-state index in [0.29, 0.717) is 24.8 Å².